The van der Waals surface area contributed by atoms with E-state index in [9.17, 15) is 0 Å². The lowest BCUT2D eigenvalue weighted by Gasteiger charge is -2.27. The van der Waals surface area contributed by atoms with Crippen LogP contribution < -0.4 is 10.2 Å². The number of para-hydroxylation sites is 1. The Hall–Kier alpha value is -2.92. The normalized spacial score (nSPS) is 14.3. The lowest BCUT2D eigenvalue weighted by Crippen LogP contribution is -2.37. The van der Waals surface area contributed by atoms with Gasteiger partial charge < -0.3 is 15.0 Å². The molecule has 1 saturated heterocycles. The fourth-order valence-electron chi connectivity index (χ4n) is 3.63. The van der Waals surface area contributed by atoms with Crippen LogP contribution in [-0.4, -0.2) is 36.3 Å². The first-order valence-electron chi connectivity index (χ1n) is 10.3. The van der Waals surface area contributed by atoms with Crippen molar-refractivity contribution in [3.05, 3.63) is 65.7 Å². The highest BCUT2D eigenvalue weighted by molar-refractivity contribution is 5.70. The zero-order valence-corrected chi connectivity index (χ0v) is 17.4. The van der Waals surface area contributed by atoms with Gasteiger partial charge >= 0.3 is 0 Å². The Morgan fingerprint density at radius 3 is 2.45 bits per heavy atom. The third kappa shape index (κ3) is 4.40. The number of hydrogen-bond donors (Lipinski definition) is 1. The molecule has 1 fully saturated rings. The van der Waals surface area contributed by atoms with Gasteiger partial charge in [-0.25, -0.2) is 4.98 Å². The molecule has 1 N–H and O–H groups in total. The number of hydrogen-bond acceptors (Lipinski definition) is 5. The van der Waals surface area contributed by atoms with Gasteiger partial charge in [-0.3, -0.25) is 0 Å². The van der Waals surface area contributed by atoms with E-state index in [1.54, 1.807) is 0 Å². The van der Waals surface area contributed by atoms with E-state index >= 15 is 0 Å². The highest BCUT2D eigenvalue weighted by Crippen LogP contribution is 2.31. The molecule has 4 rings (SSSR count). The van der Waals surface area contributed by atoms with Crippen LogP contribution in [0.1, 0.15) is 30.9 Å². The van der Waals surface area contributed by atoms with Crippen LogP contribution in [0.5, 0.6) is 0 Å². The van der Waals surface area contributed by atoms with Crippen LogP contribution in [0.3, 0.4) is 0 Å². The number of ether oxygens (including phenoxy) is 1. The Kier molecular flexibility index (Phi) is 5.76. The molecule has 0 radical (unpaired) electrons. The van der Waals surface area contributed by atoms with Crippen molar-refractivity contribution in [1.82, 2.24) is 9.97 Å². The molecule has 5 nitrogen and oxygen atoms in total. The van der Waals surface area contributed by atoms with Crippen molar-refractivity contribution < 1.29 is 4.74 Å². The van der Waals surface area contributed by atoms with E-state index in [0.29, 0.717) is 19.1 Å². The van der Waals surface area contributed by atoms with Crippen LogP contribution in [0.2, 0.25) is 0 Å². The highest BCUT2D eigenvalue weighted by Gasteiger charge is 2.17. The molecule has 0 spiro atoms. The molecule has 0 aliphatic carbocycles. The summed E-state index contributed by atoms with van der Waals surface area (Å²) in [5.41, 5.74) is 5.64. The van der Waals surface area contributed by atoms with Crippen molar-refractivity contribution in [2.75, 3.05) is 36.5 Å². The van der Waals surface area contributed by atoms with Gasteiger partial charge in [-0.05, 0) is 24.0 Å². The van der Waals surface area contributed by atoms with E-state index in [2.05, 4.69) is 61.3 Å². The second-order valence-corrected chi connectivity index (χ2v) is 7.72. The number of morpholine rings is 1. The maximum atomic E-state index is 5.51. The van der Waals surface area contributed by atoms with Gasteiger partial charge in [-0.2, -0.15) is 4.98 Å². The summed E-state index contributed by atoms with van der Waals surface area (Å²) in [5, 5.41) is 3.60. The average molecular weight is 389 g/mol. The number of nitrogens with one attached hydrogen (secondary N) is 1. The lowest BCUT2D eigenvalue weighted by molar-refractivity contribution is 0.122. The van der Waals surface area contributed by atoms with Crippen LogP contribution >= 0.6 is 0 Å². The summed E-state index contributed by atoms with van der Waals surface area (Å²) in [6.45, 7) is 9.59. The first-order chi connectivity index (χ1) is 14.1. The Morgan fingerprint density at radius 2 is 1.72 bits per heavy atom. The molecule has 2 heterocycles. The van der Waals surface area contributed by atoms with Gasteiger partial charge in [0.25, 0.3) is 0 Å². The van der Waals surface area contributed by atoms with Crippen molar-refractivity contribution in [2.24, 2.45) is 0 Å². The quantitative estimate of drug-likeness (QED) is 0.655. The summed E-state index contributed by atoms with van der Waals surface area (Å²) in [7, 11) is 0. The Labute approximate surface area is 172 Å². The summed E-state index contributed by atoms with van der Waals surface area (Å²) in [4.78, 5) is 11.9. The third-order valence-electron chi connectivity index (χ3n) is 5.26. The van der Waals surface area contributed by atoms with Crippen LogP contribution in [0, 0.1) is 6.92 Å². The number of aryl methyl sites for hydroxylation is 1. The van der Waals surface area contributed by atoms with Crippen molar-refractivity contribution in [1.29, 1.82) is 0 Å². The monoisotopic (exact) mass is 388 g/mol. The smallest absolute Gasteiger partial charge is 0.228 e. The fraction of sp³-hybridized carbons (Fsp3) is 0.333. The Balaban J connectivity index is 1.77. The fourth-order valence-corrected chi connectivity index (χ4v) is 3.63. The Bertz CT molecular complexity index is 966. The number of nitrogens with zero attached hydrogens (tertiary/aromatic N) is 3. The minimum absolute atomic E-state index is 0.423. The topological polar surface area (TPSA) is 50.3 Å². The number of rotatable bonds is 5. The van der Waals surface area contributed by atoms with Gasteiger partial charge in [0.05, 0.1) is 18.9 Å². The molecule has 3 aromatic rings. The molecule has 0 unspecified atom stereocenters. The first kappa shape index (κ1) is 19.4. The molecule has 0 amide bonds. The van der Waals surface area contributed by atoms with Gasteiger partial charge in [0.2, 0.25) is 5.95 Å². The molecular formula is C24H28N4O. The predicted octanol–water partition coefficient (Wildman–Crippen LogP) is 5.16. The van der Waals surface area contributed by atoms with Gasteiger partial charge in [0, 0.05) is 30.4 Å². The third-order valence-corrected chi connectivity index (χ3v) is 5.26. The van der Waals surface area contributed by atoms with E-state index in [0.717, 1.165) is 41.8 Å². The highest BCUT2D eigenvalue weighted by atomic mass is 16.5. The molecule has 1 aliphatic heterocycles. The number of aromatic nitrogens is 2. The van der Waals surface area contributed by atoms with E-state index in [1.165, 1.54) is 11.1 Å². The summed E-state index contributed by atoms with van der Waals surface area (Å²) in [5.74, 6) is 1.99. The van der Waals surface area contributed by atoms with Gasteiger partial charge in [0.15, 0.2) is 0 Å². The predicted molar refractivity (Wildman–Crippen MR) is 119 cm³/mol. The summed E-state index contributed by atoms with van der Waals surface area (Å²) in [6, 6.07) is 18.7. The molecule has 29 heavy (non-hydrogen) atoms. The zero-order chi connectivity index (χ0) is 20.2. The van der Waals surface area contributed by atoms with Gasteiger partial charge in [0.1, 0.15) is 5.82 Å². The molecule has 2 aromatic carbocycles. The lowest BCUT2D eigenvalue weighted by atomic mass is 9.98. The Morgan fingerprint density at radius 1 is 0.966 bits per heavy atom. The second-order valence-electron chi connectivity index (χ2n) is 7.72. The molecule has 5 heteroatoms. The van der Waals surface area contributed by atoms with Crippen LogP contribution in [0.15, 0.2) is 54.6 Å². The van der Waals surface area contributed by atoms with Crippen LogP contribution in [0.25, 0.3) is 11.3 Å². The minimum Gasteiger partial charge on any atom is -0.378 e. The van der Waals surface area contributed by atoms with E-state index < -0.39 is 0 Å². The van der Waals surface area contributed by atoms with Gasteiger partial charge in [-0.1, -0.05) is 62.4 Å². The van der Waals surface area contributed by atoms with Crippen molar-refractivity contribution in [3.8, 4) is 11.3 Å². The second kappa shape index (κ2) is 8.62. The van der Waals surface area contributed by atoms with Crippen molar-refractivity contribution in [2.45, 2.75) is 26.7 Å². The van der Waals surface area contributed by atoms with Gasteiger partial charge in [-0.15, -0.1) is 0 Å². The molecule has 0 atom stereocenters. The molecule has 0 saturated carbocycles. The minimum atomic E-state index is 0.423. The SMILES string of the molecule is Cc1cccc(C(C)C)c1Nc1cc(-c2ccccc2)nc(N2CCOCC2)n1. The van der Waals surface area contributed by atoms with E-state index in [4.69, 9.17) is 14.7 Å². The maximum Gasteiger partial charge on any atom is 0.228 e. The number of anilines is 3. The molecule has 1 aliphatic rings. The van der Waals surface area contributed by atoms with E-state index in [1.807, 2.05) is 24.3 Å². The standard InChI is InChI=1S/C24H28N4O/c1-17(2)20-11-7-8-18(3)23(20)26-22-16-21(19-9-5-4-6-10-19)25-24(27-22)28-12-14-29-15-13-28/h4-11,16-17H,12-15H2,1-3H3,(H,25,26,27). The molecule has 150 valence electrons. The van der Waals surface area contributed by atoms with Crippen molar-refractivity contribution in [3.63, 3.8) is 0 Å². The van der Waals surface area contributed by atoms with Crippen LogP contribution in [-0.2, 0) is 4.74 Å². The average Bonchev–Trinajstić information content (AvgIpc) is 2.76. The van der Waals surface area contributed by atoms with Crippen molar-refractivity contribution >= 4 is 17.5 Å². The first-order valence-corrected chi connectivity index (χ1v) is 10.3. The summed E-state index contributed by atoms with van der Waals surface area (Å²) < 4.78 is 5.51. The maximum absolute atomic E-state index is 5.51. The van der Waals surface area contributed by atoms with Crippen LogP contribution in [0.4, 0.5) is 17.5 Å². The largest absolute Gasteiger partial charge is 0.378 e. The summed E-state index contributed by atoms with van der Waals surface area (Å²) >= 11 is 0. The number of benzene rings is 2. The molecular weight excluding hydrogens is 360 g/mol. The zero-order valence-electron chi connectivity index (χ0n) is 17.4. The summed E-state index contributed by atoms with van der Waals surface area (Å²) in [6.07, 6.45) is 0. The van der Waals surface area contributed by atoms with E-state index in [-0.39, 0.29) is 0 Å². The molecule has 1 aromatic heterocycles. The molecule has 0 bridgehead atoms.